The number of aliphatic imine (C=N–C) groups is 1. The zero-order valence-electron chi connectivity index (χ0n) is 8.46. The Morgan fingerprint density at radius 3 is 2.47 bits per heavy atom. The van der Waals surface area contributed by atoms with Gasteiger partial charge >= 0.3 is 5.97 Å². The Hall–Kier alpha value is -1.29. The lowest BCUT2D eigenvalue weighted by Gasteiger charge is -2.03. The first-order valence-electron chi connectivity index (χ1n) is 4.56. The molecular formula is C10H13ClN2O2. The van der Waals surface area contributed by atoms with Crippen LogP contribution in [0.15, 0.2) is 28.0 Å². The molecule has 1 saturated carbocycles. The fraction of sp³-hybridized carbons (Fsp3) is 0.400. The number of aliphatic carboxylic acids is 1. The summed E-state index contributed by atoms with van der Waals surface area (Å²) < 4.78 is 0. The van der Waals surface area contributed by atoms with Crippen LogP contribution in [0, 0.1) is 5.92 Å². The van der Waals surface area contributed by atoms with Gasteiger partial charge in [0.2, 0.25) is 0 Å². The monoisotopic (exact) mass is 228 g/mol. The highest BCUT2D eigenvalue weighted by molar-refractivity contribution is 6.58. The van der Waals surface area contributed by atoms with Crippen molar-refractivity contribution in [2.75, 3.05) is 0 Å². The van der Waals surface area contributed by atoms with Gasteiger partial charge in [-0.15, -0.1) is 0 Å². The van der Waals surface area contributed by atoms with Gasteiger partial charge in [0, 0.05) is 17.3 Å². The minimum atomic E-state index is -1.19. The molecule has 0 spiro atoms. The van der Waals surface area contributed by atoms with Crippen molar-refractivity contribution >= 4 is 23.3 Å². The Kier molecular flexibility index (Phi) is 3.52. The number of carboxylic acids is 1. The molecule has 5 heteroatoms. The first-order valence-corrected chi connectivity index (χ1v) is 4.94. The van der Waals surface area contributed by atoms with E-state index in [9.17, 15) is 4.79 Å². The van der Waals surface area contributed by atoms with Gasteiger partial charge in [0.05, 0.1) is 5.03 Å². The second kappa shape index (κ2) is 4.49. The molecule has 0 amide bonds. The van der Waals surface area contributed by atoms with Crippen molar-refractivity contribution in [1.29, 1.82) is 0 Å². The van der Waals surface area contributed by atoms with Gasteiger partial charge in [-0.2, -0.15) is 0 Å². The van der Waals surface area contributed by atoms with Crippen LogP contribution in [-0.4, -0.2) is 16.8 Å². The topological polar surface area (TPSA) is 75.7 Å². The fourth-order valence-electron chi connectivity index (χ4n) is 1.03. The lowest BCUT2D eigenvalue weighted by molar-refractivity contribution is -0.129. The summed E-state index contributed by atoms with van der Waals surface area (Å²) in [5, 5.41) is 8.87. The Morgan fingerprint density at radius 2 is 2.13 bits per heavy atom. The average Bonchev–Trinajstić information content (AvgIpc) is 2.94. The maximum atomic E-state index is 10.9. The van der Waals surface area contributed by atoms with Crippen LogP contribution in [-0.2, 0) is 4.79 Å². The summed E-state index contributed by atoms with van der Waals surface area (Å²) in [5.41, 5.74) is 5.99. The van der Waals surface area contributed by atoms with Crippen LogP contribution in [0.25, 0.3) is 0 Å². The lowest BCUT2D eigenvalue weighted by Crippen LogP contribution is -2.16. The van der Waals surface area contributed by atoms with Gasteiger partial charge in [-0.05, 0) is 19.8 Å². The predicted octanol–water partition coefficient (Wildman–Crippen LogP) is 1.86. The number of hydrogen-bond donors (Lipinski definition) is 2. The summed E-state index contributed by atoms with van der Waals surface area (Å²) in [5.74, 6) is -0.881. The molecule has 0 bridgehead atoms. The maximum Gasteiger partial charge on any atom is 0.356 e. The molecule has 1 aliphatic rings. The van der Waals surface area contributed by atoms with E-state index in [0.717, 1.165) is 12.8 Å². The van der Waals surface area contributed by atoms with E-state index in [1.54, 1.807) is 0 Å². The van der Waals surface area contributed by atoms with E-state index in [1.807, 2.05) is 0 Å². The van der Waals surface area contributed by atoms with Crippen LogP contribution in [0.4, 0.5) is 0 Å². The molecular weight excluding hydrogens is 216 g/mol. The summed E-state index contributed by atoms with van der Waals surface area (Å²) in [4.78, 5) is 14.8. The van der Waals surface area contributed by atoms with E-state index in [0.29, 0.717) is 11.6 Å². The molecule has 0 aliphatic heterocycles. The highest BCUT2D eigenvalue weighted by Gasteiger charge is 2.26. The zero-order chi connectivity index (χ0) is 11.6. The highest BCUT2D eigenvalue weighted by Crippen LogP contribution is 2.36. The summed E-state index contributed by atoms with van der Waals surface area (Å²) in [6.45, 7) is 5.24. The quantitative estimate of drug-likeness (QED) is 0.722. The number of rotatable bonds is 4. The van der Waals surface area contributed by atoms with Crippen molar-refractivity contribution in [1.82, 2.24) is 0 Å². The molecule has 0 aromatic carbocycles. The number of carbonyl (C=O) groups is 1. The van der Waals surface area contributed by atoms with Gasteiger partial charge in [-0.3, -0.25) is 0 Å². The number of nitrogens with zero attached hydrogens (tertiary/aromatic N) is 1. The van der Waals surface area contributed by atoms with E-state index in [-0.39, 0.29) is 16.4 Å². The van der Waals surface area contributed by atoms with Crippen LogP contribution in [0.3, 0.4) is 0 Å². The molecule has 15 heavy (non-hydrogen) atoms. The van der Waals surface area contributed by atoms with E-state index in [4.69, 9.17) is 22.4 Å². The van der Waals surface area contributed by atoms with E-state index < -0.39 is 5.97 Å². The normalized spacial score (nSPS) is 18.4. The van der Waals surface area contributed by atoms with Crippen molar-refractivity contribution in [3.63, 3.8) is 0 Å². The zero-order valence-corrected chi connectivity index (χ0v) is 9.21. The summed E-state index contributed by atoms with van der Waals surface area (Å²) in [6, 6.07) is 0. The molecule has 1 rings (SSSR count). The third kappa shape index (κ3) is 3.09. The number of allylic oxidation sites excluding steroid dienone is 2. The first kappa shape index (κ1) is 11.8. The number of carboxylic acid groups (broad SMARTS) is 1. The van der Waals surface area contributed by atoms with E-state index >= 15 is 0 Å². The largest absolute Gasteiger partial charge is 0.476 e. The SMILES string of the molecule is C=C(/N=C(C(=O)O)\C(Cl)=C(\C)N)C1CC1. The molecule has 0 aromatic rings. The molecule has 0 aromatic heterocycles. The van der Waals surface area contributed by atoms with Crippen LogP contribution in [0.2, 0.25) is 0 Å². The summed E-state index contributed by atoms with van der Waals surface area (Å²) >= 11 is 5.75. The lowest BCUT2D eigenvalue weighted by atomic mass is 10.2. The minimum absolute atomic E-state index is 0.0238. The number of hydrogen-bond acceptors (Lipinski definition) is 3. The van der Waals surface area contributed by atoms with Crippen molar-refractivity contribution in [3.8, 4) is 0 Å². The van der Waals surface area contributed by atoms with E-state index in [1.165, 1.54) is 6.92 Å². The van der Waals surface area contributed by atoms with Gasteiger partial charge in [0.25, 0.3) is 0 Å². The third-order valence-corrected chi connectivity index (χ3v) is 2.54. The van der Waals surface area contributed by atoms with Crippen LogP contribution in [0.1, 0.15) is 19.8 Å². The van der Waals surface area contributed by atoms with Crippen LogP contribution >= 0.6 is 11.6 Å². The molecule has 4 nitrogen and oxygen atoms in total. The third-order valence-electron chi connectivity index (χ3n) is 2.06. The molecule has 0 unspecified atom stereocenters. The molecule has 1 aliphatic carbocycles. The highest BCUT2D eigenvalue weighted by atomic mass is 35.5. The van der Waals surface area contributed by atoms with Gasteiger partial charge in [-0.25, -0.2) is 9.79 Å². The molecule has 0 saturated heterocycles. The van der Waals surface area contributed by atoms with Gasteiger partial charge < -0.3 is 10.8 Å². The first-order chi connectivity index (χ1) is 6.93. The second-order valence-electron chi connectivity index (χ2n) is 3.53. The molecule has 0 radical (unpaired) electrons. The van der Waals surface area contributed by atoms with Crippen molar-refractivity contribution in [2.24, 2.45) is 16.6 Å². The average molecular weight is 229 g/mol. The Morgan fingerprint density at radius 1 is 1.60 bits per heavy atom. The Balaban J connectivity index is 2.96. The number of halogens is 1. The standard InChI is InChI=1S/C10H13ClN2O2/c1-5(12)8(11)9(10(14)15)13-6(2)7-3-4-7/h7H,2-4,12H2,1H3,(H,14,15)/b8-5+,13-9+. The minimum Gasteiger partial charge on any atom is -0.476 e. The molecule has 3 N–H and O–H groups in total. The van der Waals surface area contributed by atoms with Gasteiger partial charge in [0.15, 0.2) is 5.71 Å². The van der Waals surface area contributed by atoms with Crippen molar-refractivity contribution in [3.05, 3.63) is 23.0 Å². The van der Waals surface area contributed by atoms with E-state index in [2.05, 4.69) is 11.6 Å². The smallest absolute Gasteiger partial charge is 0.356 e. The Labute approximate surface area is 93.1 Å². The summed E-state index contributed by atoms with van der Waals surface area (Å²) in [6.07, 6.45) is 2.02. The fourth-order valence-corrected chi connectivity index (χ4v) is 1.15. The van der Waals surface area contributed by atoms with Crippen LogP contribution < -0.4 is 5.73 Å². The van der Waals surface area contributed by atoms with Gasteiger partial charge in [-0.1, -0.05) is 18.2 Å². The summed E-state index contributed by atoms with van der Waals surface area (Å²) in [7, 11) is 0. The van der Waals surface area contributed by atoms with Crippen molar-refractivity contribution in [2.45, 2.75) is 19.8 Å². The molecule has 0 heterocycles. The second-order valence-corrected chi connectivity index (χ2v) is 3.91. The van der Waals surface area contributed by atoms with Crippen LogP contribution in [0.5, 0.6) is 0 Å². The van der Waals surface area contributed by atoms with Crippen molar-refractivity contribution < 1.29 is 9.90 Å². The molecule has 1 fully saturated rings. The van der Waals surface area contributed by atoms with Gasteiger partial charge in [0.1, 0.15) is 0 Å². The maximum absolute atomic E-state index is 10.9. The molecule has 0 atom stereocenters. The number of nitrogens with two attached hydrogens (primary N) is 1. The predicted molar refractivity (Wildman–Crippen MR) is 59.7 cm³/mol. The Bertz CT molecular complexity index is 364. The molecule has 82 valence electrons.